The Bertz CT molecular complexity index is 387. The van der Waals surface area contributed by atoms with Crippen molar-refractivity contribution in [1.82, 2.24) is 5.32 Å². The molecule has 94 valence electrons. The molecule has 1 aromatic carbocycles. The van der Waals surface area contributed by atoms with Crippen molar-refractivity contribution in [3.8, 4) is 0 Å². The highest BCUT2D eigenvalue weighted by Crippen LogP contribution is 2.15. The number of halogens is 3. The third-order valence-corrected chi connectivity index (χ3v) is 3.35. The molecule has 0 heterocycles. The monoisotopic (exact) mass is 369 g/mol. The predicted octanol–water partition coefficient (Wildman–Crippen LogP) is 3.81. The molecule has 0 aliphatic carbocycles. The maximum Gasteiger partial charge on any atom is 0.251 e. The summed E-state index contributed by atoms with van der Waals surface area (Å²) >= 11 is 7.87. The first-order chi connectivity index (χ1) is 8.15. The molecule has 0 atom stereocenters. The number of hydrogen-bond donors (Lipinski definition) is 1. The zero-order chi connectivity index (χ0) is 12.7. The number of amides is 1. The van der Waals surface area contributed by atoms with Crippen LogP contribution in [0.15, 0.2) is 18.2 Å². The highest BCUT2D eigenvalue weighted by Gasteiger charge is 2.07. The molecule has 1 N–H and O–H groups in total. The fraction of sp³-hybridized carbons (Fsp3) is 0.417. The average Bonchev–Trinajstić information content (AvgIpc) is 2.32. The van der Waals surface area contributed by atoms with E-state index < -0.39 is 5.82 Å². The first-order valence-electron chi connectivity index (χ1n) is 5.44. The van der Waals surface area contributed by atoms with E-state index in [1.165, 1.54) is 12.1 Å². The summed E-state index contributed by atoms with van der Waals surface area (Å²) in [6.07, 6.45) is 3.20. The molecular formula is C12H14ClFINO. The molecule has 2 nitrogen and oxygen atoms in total. The third kappa shape index (κ3) is 5.21. The highest BCUT2D eigenvalue weighted by atomic mass is 127. The Balaban J connectivity index is 2.39. The topological polar surface area (TPSA) is 29.1 Å². The molecule has 1 rings (SSSR count). The lowest BCUT2D eigenvalue weighted by Crippen LogP contribution is -2.24. The third-order valence-electron chi connectivity index (χ3n) is 2.28. The molecule has 17 heavy (non-hydrogen) atoms. The van der Waals surface area contributed by atoms with Crippen LogP contribution in [0.1, 0.15) is 29.6 Å². The second-order valence-corrected chi connectivity index (χ2v) is 5.12. The molecular weight excluding hydrogens is 355 g/mol. The second-order valence-electron chi connectivity index (χ2n) is 3.63. The van der Waals surface area contributed by atoms with Crippen LogP contribution in [0.2, 0.25) is 5.02 Å². The maximum atomic E-state index is 13.1. The average molecular weight is 370 g/mol. The molecule has 0 unspecified atom stereocenters. The van der Waals surface area contributed by atoms with Gasteiger partial charge in [0.2, 0.25) is 0 Å². The molecule has 1 aromatic rings. The molecule has 0 aromatic heterocycles. The number of carbonyl (C=O) groups is 1. The van der Waals surface area contributed by atoms with Crippen molar-refractivity contribution in [1.29, 1.82) is 0 Å². The first kappa shape index (κ1) is 14.7. The molecule has 5 heteroatoms. The summed E-state index contributed by atoms with van der Waals surface area (Å²) in [7, 11) is 0. The fourth-order valence-electron chi connectivity index (χ4n) is 1.34. The lowest BCUT2D eigenvalue weighted by atomic mass is 10.2. The van der Waals surface area contributed by atoms with Crippen LogP contribution in [0, 0.1) is 5.82 Å². The van der Waals surface area contributed by atoms with Crippen molar-refractivity contribution in [2.75, 3.05) is 11.0 Å². The summed E-state index contributed by atoms with van der Waals surface area (Å²) < 4.78 is 14.2. The Morgan fingerprint density at radius 2 is 2.12 bits per heavy atom. The summed E-state index contributed by atoms with van der Waals surface area (Å²) in [5.74, 6) is -0.820. The number of unbranched alkanes of at least 4 members (excludes halogenated alkanes) is 2. The lowest BCUT2D eigenvalue weighted by Gasteiger charge is -2.05. The van der Waals surface area contributed by atoms with Gasteiger partial charge >= 0.3 is 0 Å². The summed E-state index contributed by atoms with van der Waals surface area (Å²) in [4.78, 5) is 11.6. The quantitative estimate of drug-likeness (QED) is 0.461. The number of alkyl halides is 1. The largest absolute Gasteiger partial charge is 0.352 e. The zero-order valence-electron chi connectivity index (χ0n) is 9.31. The van der Waals surface area contributed by atoms with Crippen LogP contribution in [-0.4, -0.2) is 16.9 Å². The summed E-state index contributed by atoms with van der Waals surface area (Å²) in [6, 6.07) is 4.07. The number of carbonyl (C=O) groups excluding carboxylic acids is 1. The van der Waals surface area contributed by atoms with E-state index in [4.69, 9.17) is 11.6 Å². The van der Waals surface area contributed by atoms with Crippen LogP contribution in [0.5, 0.6) is 0 Å². The van der Waals surface area contributed by atoms with Gasteiger partial charge in [0, 0.05) is 12.1 Å². The van der Waals surface area contributed by atoms with E-state index in [2.05, 4.69) is 27.9 Å². The van der Waals surface area contributed by atoms with Gasteiger partial charge < -0.3 is 5.32 Å². The lowest BCUT2D eigenvalue weighted by molar-refractivity contribution is 0.0952. The first-order valence-corrected chi connectivity index (χ1v) is 7.34. The Labute approximate surface area is 119 Å². The molecule has 0 fully saturated rings. The smallest absolute Gasteiger partial charge is 0.251 e. The molecule has 0 bridgehead atoms. The summed E-state index contributed by atoms with van der Waals surface area (Å²) in [6.45, 7) is 0.625. The van der Waals surface area contributed by atoms with Crippen LogP contribution in [0.4, 0.5) is 4.39 Å². The SMILES string of the molecule is O=C(NCCCCCI)c1ccc(Cl)c(F)c1. The fourth-order valence-corrected chi connectivity index (χ4v) is 1.99. The van der Waals surface area contributed by atoms with Crippen LogP contribution < -0.4 is 5.32 Å². The Kier molecular flexibility index (Phi) is 6.80. The van der Waals surface area contributed by atoms with Gasteiger partial charge in [0.05, 0.1) is 5.02 Å². The number of hydrogen-bond acceptors (Lipinski definition) is 1. The van der Waals surface area contributed by atoms with E-state index in [1.807, 2.05) is 0 Å². The minimum atomic E-state index is -0.566. The standard InChI is InChI=1S/C12H14ClFINO/c13-10-5-4-9(8-11(10)14)12(17)16-7-3-1-2-6-15/h4-5,8H,1-3,6-7H2,(H,16,17). The van der Waals surface area contributed by atoms with Gasteiger partial charge in [-0.1, -0.05) is 40.6 Å². The van der Waals surface area contributed by atoms with Gasteiger partial charge in [-0.3, -0.25) is 4.79 Å². The molecule has 0 aliphatic rings. The Morgan fingerprint density at radius 1 is 1.35 bits per heavy atom. The van der Waals surface area contributed by atoms with E-state index >= 15 is 0 Å². The van der Waals surface area contributed by atoms with Crippen molar-refractivity contribution in [3.63, 3.8) is 0 Å². The van der Waals surface area contributed by atoms with E-state index in [1.54, 1.807) is 0 Å². The van der Waals surface area contributed by atoms with Crippen LogP contribution in [-0.2, 0) is 0 Å². The maximum absolute atomic E-state index is 13.1. The Hall–Kier alpha value is -0.360. The zero-order valence-corrected chi connectivity index (χ0v) is 12.2. The van der Waals surface area contributed by atoms with Crippen molar-refractivity contribution in [2.24, 2.45) is 0 Å². The van der Waals surface area contributed by atoms with Crippen molar-refractivity contribution in [2.45, 2.75) is 19.3 Å². The van der Waals surface area contributed by atoms with Crippen LogP contribution >= 0.6 is 34.2 Å². The number of rotatable bonds is 6. The minimum absolute atomic E-state index is 0.0311. The van der Waals surface area contributed by atoms with Gasteiger partial charge in [-0.25, -0.2) is 4.39 Å². The van der Waals surface area contributed by atoms with Gasteiger partial charge in [0.25, 0.3) is 5.91 Å². The highest BCUT2D eigenvalue weighted by molar-refractivity contribution is 14.1. The molecule has 0 saturated heterocycles. The van der Waals surface area contributed by atoms with Gasteiger partial charge in [-0.2, -0.15) is 0 Å². The van der Waals surface area contributed by atoms with Crippen molar-refractivity contribution >= 4 is 40.1 Å². The normalized spacial score (nSPS) is 10.3. The second kappa shape index (κ2) is 7.87. The van der Waals surface area contributed by atoms with Crippen molar-refractivity contribution in [3.05, 3.63) is 34.6 Å². The Morgan fingerprint density at radius 3 is 2.76 bits per heavy atom. The number of nitrogens with one attached hydrogen (secondary N) is 1. The van der Waals surface area contributed by atoms with E-state index in [9.17, 15) is 9.18 Å². The summed E-state index contributed by atoms with van der Waals surface area (Å²) in [5.41, 5.74) is 0.306. The van der Waals surface area contributed by atoms with Crippen LogP contribution in [0.3, 0.4) is 0 Å². The van der Waals surface area contributed by atoms with E-state index in [0.717, 1.165) is 29.8 Å². The van der Waals surface area contributed by atoms with E-state index in [-0.39, 0.29) is 10.9 Å². The van der Waals surface area contributed by atoms with Crippen molar-refractivity contribution < 1.29 is 9.18 Å². The molecule has 0 saturated carbocycles. The molecule has 1 amide bonds. The molecule has 0 radical (unpaired) electrons. The predicted molar refractivity (Wildman–Crippen MR) is 76.5 cm³/mol. The van der Waals surface area contributed by atoms with Gasteiger partial charge in [-0.05, 0) is 35.5 Å². The number of benzene rings is 1. The summed E-state index contributed by atoms with van der Waals surface area (Å²) in [5, 5.41) is 2.78. The van der Waals surface area contributed by atoms with Gasteiger partial charge in [0.1, 0.15) is 5.82 Å². The minimum Gasteiger partial charge on any atom is -0.352 e. The van der Waals surface area contributed by atoms with Gasteiger partial charge in [0.15, 0.2) is 0 Å². The van der Waals surface area contributed by atoms with Crippen LogP contribution in [0.25, 0.3) is 0 Å². The van der Waals surface area contributed by atoms with Gasteiger partial charge in [-0.15, -0.1) is 0 Å². The molecule has 0 spiro atoms. The molecule has 0 aliphatic heterocycles. The van der Waals surface area contributed by atoms with E-state index in [0.29, 0.717) is 12.1 Å².